The number of methoxy groups -OCH3 is 1. The average Bonchev–Trinajstić information content (AvgIpc) is 2.13. The van der Waals surface area contributed by atoms with E-state index in [1.54, 1.807) is 13.0 Å². The van der Waals surface area contributed by atoms with Gasteiger partial charge in [0.05, 0.1) is 7.11 Å². The van der Waals surface area contributed by atoms with Crippen molar-refractivity contribution in [2.75, 3.05) is 7.11 Å². The number of phenols is 1. The van der Waals surface area contributed by atoms with Gasteiger partial charge in [-0.15, -0.1) is 0 Å². The van der Waals surface area contributed by atoms with Crippen molar-refractivity contribution in [1.29, 1.82) is 0 Å². The van der Waals surface area contributed by atoms with E-state index in [4.69, 9.17) is 11.6 Å². The van der Waals surface area contributed by atoms with Crippen molar-refractivity contribution in [3.05, 3.63) is 28.3 Å². The minimum atomic E-state index is -0.572. The van der Waals surface area contributed by atoms with Crippen molar-refractivity contribution >= 4 is 17.6 Å². The number of esters is 1. The Labute approximate surface area is 80.9 Å². The Hall–Kier alpha value is -1.22. The Morgan fingerprint density at radius 1 is 1.54 bits per heavy atom. The second-order valence-corrected chi connectivity index (χ2v) is 2.97. The van der Waals surface area contributed by atoms with E-state index in [9.17, 15) is 9.90 Å². The number of phenolic OH excluding ortho intramolecular Hbond substituents is 1. The summed E-state index contributed by atoms with van der Waals surface area (Å²) in [6, 6.07) is 2.97. The summed E-state index contributed by atoms with van der Waals surface area (Å²) in [7, 11) is 1.26. The van der Waals surface area contributed by atoms with Crippen molar-refractivity contribution in [2.24, 2.45) is 0 Å². The van der Waals surface area contributed by atoms with Gasteiger partial charge in [0.25, 0.3) is 0 Å². The lowest BCUT2D eigenvalue weighted by molar-refractivity contribution is 0.0597. The van der Waals surface area contributed by atoms with Gasteiger partial charge in [0.15, 0.2) is 0 Å². The van der Waals surface area contributed by atoms with Gasteiger partial charge in [0.2, 0.25) is 0 Å². The topological polar surface area (TPSA) is 46.5 Å². The van der Waals surface area contributed by atoms with Crippen LogP contribution >= 0.6 is 11.6 Å². The van der Waals surface area contributed by atoms with E-state index in [1.807, 2.05) is 0 Å². The fourth-order valence-corrected chi connectivity index (χ4v) is 1.10. The molecule has 0 radical (unpaired) electrons. The lowest BCUT2D eigenvalue weighted by atomic mass is 10.1. The summed E-state index contributed by atoms with van der Waals surface area (Å²) in [4.78, 5) is 11.1. The highest BCUT2D eigenvalue weighted by molar-refractivity contribution is 6.31. The van der Waals surface area contributed by atoms with Crippen LogP contribution < -0.4 is 0 Å². The highest BCUT2D eigenvalue weighted by atomic mass is 35.5. The molecule has 0 aromatic heterocycles. The van der Waals surface area contributed by atoms with Gasteiger partial charge >= 0.3 is 5.97 Å². The SMILES string of the molecule is COC(=O)c1ccc(Cl)c(C)c1O. The molecule has 1 aromatic carbocycles. The molecular weight excluding hydrogens is 192 g/mol. The van der Waals surface area contributed by atoms with Crippen molar-refractivity contribution in [3.8, 4) is 5.75 Å². The van der Waals surface area contributed by atoms with Crippen molar-refractivity contribution < 1.29 is 14.6 Å². The van der Waals surface area contributed by atoms with E-state index in [0.29, 0.717) is 10.6 Å². The zero-order valence-corrected chi connectivity index (χ0v) is 8.05. The third-order valence-corrected chi connectivity index (χ3v) is 2.18. The van der Waals surface area contributed by atoms with E-state index in [0.717, 1.165) is 0 Å². The van der Waals surface area contributed by atoms with Crippen LogP contribution in [-0.4, -0.2) is 18.2 Å². The molecule has 1 N–H and O–H groups in total. The minimum Gasteiger partial charge on any atom is -0.507 e. The van der Waals surface area contributed by atoms with Gasteiger partial charge in [-0.3, -0.25) is 0 Å². The zero-order valence-electron chi connectivity index (χ0n) is 7.30. The van der Waals surface area contributed by atoms with Gasteiger partial charge in [-0.25, -0.2) is 4.79 Å². The van der Waals surface area contributed by atoms with Crippen LogP contribution in [0.25, 0.3) is 0 Å². The molecule has 0 heterocycles. The molecule has 1 aromatic rings. The molecule has 0 aliphatic carbocycles. The van der Waals surface area contributed by atoms with Crippen molar-refractivity contribution in [1.82, 2.24) is 0 Å². The molecule has 0 amide bonds. The highest BCUT2D eigenvalue weighted by Gasteiger charge is 2.14. The number of halogens is 1. The van der Waals surface area contributed by atoms with Gasteiger partial charge in [0, 0.05) is 10.6 Å². The van der Waals surface area contributed by atoms with E-state index in [1.165, 1.54) is 13.2 Å². The summed E-state index contributed by atoms with van der Waals surface area (Å²) in [5.41, 5.74) is 0.606. The molecule has 70 valence electrons. The van der Waals surface area contributed by atoms with E-state index >= 15 is 0 Å². The van der Waals surface area contributed by atoms with Crippen LogP contribution in [0.3, 0.4) is 0 Å². The highest BCUT2D eigenvalue weighted by Crippen LogP contribution is 2.28. The number of benzene rings is 1. The first kappa shape index (κ1) is 9.86. The molecule has 0 saturated heterocycles. The first-order valence-corrected chi connectivity index (χ1v) is 4.02. The zero-order chi connectivity index (χ0) is 10.0. The third kappa shape index (κ3) is 1.75. The number of carbonyl (C=O) groups excluding carboxylic acids is 1. The molecule has 0 fully saturated rings. The minimum absolute atomic E-state index is 0.126. The number of carbonyl (C=O) groups is 1. The van der Waals surface area contributed by atoms with Crippen LogP contribution in [0, 0.1) is 6.92 Å². The van der Waals surface area contributed by atoms with Gasteiger partial charge in [-0.05, 0) is 19.1 Å². The van der Waals surface area contributed by atoms with Crippen molar-refractivity contribution in [2.45, 2.75) is 6.92 Å². The van der Waals surface area contributed by atoms with Gasteiger partial charge < -0.3 is 9.84 Å². The van der Waals surface area contributed by atoms with Crippen LogP contribution in [0.2, 0.25) is 5.02 Å². The molecule has 0 bridgehead atoms. The lowest BCUT2D eigenvalue weighted by Gasteiger charge is -2.06. The molecule has 0 aliphatic heterocycles. The molecule has 3 nitrogen and oxygen atoms in total. The summed E-state index contributed by atoms with van der Waals surface area (Å²) in [6.07, 6.45) is 0. The predicted octanol–water partition coefficient (Wildman–Crippen LogP) is 2.14. The quantitative estimate of drug-likeness (QED) is 0.707. The first-order valence-electron chi connectivity index (χ1n) is 3.64. The van der Waals surface area contributed by atoms with E-state index in [2.05, 4.69) is 4.74 Å². The molecule has 1 rings (SSSR count). The second kappa shape index (κ2) is 3.66. The molecule has 0 atom stereocenters. The van der Waals surface area contributed by atoms with Gasteiger partial charge in [-0.1, -0.05) is 11.6 Å². The summed E-state index contributed by atoms with van der Waals surface area (Å²) in [5.74, 6) is -0.698. The Morgan fingerprint density at radius 2 is 2.15 bits per heavy atom. The fourth-order valence-electron chi connectivity index (χ4n) is 0.950. The first-order chi connectivity index (χ1) is 6.07. The molecule has 4 heteroatoms. The summed E-state index contributed by atoms with van der Waals surface area (Å²) < 4.78 is 4.47. The predicted molar refractivity (Wildman–Crippen MR) is 49.2 cm³/mol. The van der Waals surface area contributed by atoms with E-state index < -0.39 is 5.97 Å². The Bertz CT molecular complexity index is 347. The second-order valence-electron chi connectivity index (χ2n) is 2.56. The smallest absolute Gasteiger partial charge is 0.341 e. The maximum absolute atomic E-state index is 11.1. The fraction of sp³-hybridized carbons (Fsp3) is 0.222. The number of hydrogen-bond acceptors (Lipinski definition) is 3. The normalized spacial score (nSPS) is 9.77. The Kier molecular flexibility index (Phi) is 2.78. The molecular formula is C9H9ClO3. The van der Waals surface area contributed by atoms with Crippen LogP contribution in [0.1, 0.15) is 15.9 Å². The number of rotatable bonds is 1. The molecule has 0 spiro atoms. The largest absolute Gasteiger partial charge is 0.507 e. The molecule has 13 heavy (non-hydrogen) atoms. The Morgan fingerprint density at radius 3 is 2.69 bits per heavy atom. The number of aromatic hydroxyl groups is 1. The third-order valence-electron chi connectivity index (χ3n) is 1.77. The van der Waals surface area contributed by atoms with Gasteiger partial charge in [-0.2, -0.15) is 0 Å². The summed E-state index contributed by atoms with van der Waals surface area (Å²) in [5, 5.41) is 9.92. The standard InChI is InChI=1S/C9H9ClO3/c1-5-7(10)4-3-6(8(5)11)9(12)13-2/h3-4,11H,1-2H3. The van der Waals surface area contributed by atoms with E-state index in [-0.39, 0.29) is 11.3 Å². The summed E-state index contributed by atoms with van der Waals surface area (Å²) in [6.45, 7) is 1.63. The van der Waals surface area contributed by atoms with Crippen LogP contribution in [0.5, 0.6) is 5.75 Å². The maximum Gasteiger partial charge on any atom is 0.341 e. The molecule has 0 unspecified atom stereocenters. The summed E-state index contributed by atoms with van der Waals surface area (Å²) >= 11 is 5.72. The molecule has 0 aliphatic rings. The van der Waals surface area contributed by atoms with Gasteiger partial charge in [0.1, 0.15) is 11.3 Å². The Balaban J connectivity index is 3.26. The average molecular weight is 201 g/mol. The van der Waals surface area contributed by atoms with Crippen LogP contribution in [0.15, 0.2) is 12.1 Å². The number of ether oxygens (including phenoxy) is 1. The molecule has 0 saturated carbocycles. The maximum atomic E-state index is 11.1. The monoisotopic (exact) mass is 200 g/mol. The lowest BCUT2D eigenvalue weighted by Crippen LogP contribution is -2.02. The van der Waals surface area contributed by atoms with Crippen molar-refractivity contribution in [3.63, 3.8) is 0 Å². The van der Waals surface area contributed by atoms with Crippen LogP contribution in [0.4, 0.5) is 0 Å². The number of hydrogen-bond donors (Lipinski definition) is 1. The van der Waals surface area contributed by atoms with Crippen LogP contribution in [-0.2, 0) is 4.74 Å².